The summed E-state index contributed by atoms with van der Waals surface area (Å²) in [6.07, 6.45) is 2.36. The lowest BCUT2D eigenvalue weighted by Crippen LogP contribution is -2.12. The van der Waals surface area contributed by atoms with Crippen molar-refractivity contribution in [2.24, 2.45) is 0 Å². The Morgan fingerprint density at radius 3 is 2.77 bits per heavy atom. The molecule has 3 aromatic rings. The highest BCUT2D eigenvalue weighted by Crippen LogP contribution is 2.23. The van der Waals surface area contributed by atoms with Gasteiger partial charge in [0.2, 0.25) is 5.91 Å². The minimum Gasteiger partial charge on any atom is -0.494 e. The number of aryl methyl sites for hydroxylation is 1. The van der Waals surface area contributed by atoms with Crippen LogP contribution in [0.25, 0.3) is 11.3 Å². The molecule has 5 nitrogen and oxygen atoms in total. The van der Waals surface area contributed by atoms with Crippen LogP contribution in [0.2, 0.25) is 5.02 Å². The zero-order chi connectivity index (χ0) is 18.4. The van der Waals surface area contributed by atoms with Crippen LogP contribution in [0.4, 0.5) is 5.69 Å². The number of halogens is 1. The predicted octanol–water partition coefficient (Wildman–Crippen LogP) is 4.97. The van der Waals surface area contributed by atoms with E-state index in [1.807, 2.05) is 31.2 Å². The summed E-state index contributed by atoms with van der Waals surface area (Å²) in [7, 11) is 0. The molecular formula is C20H19ClN2O3. The van der Waals surface area contributed by atoms with Crippen molar-refractivity contribution >= 4 is 23.2 Å². The third kappa shape index (κ3) is 4.86. The number of aromatic nitrogens is 1. The van der Waals surface area contributed by atoms with Gasteiger partial charge in [-0.1, -0.05) is 17.7 Å². The normalized spacial score (nSPS) is 10.5. The second-order valence-electron chi connectivity index (χ2n) is 5.63. The molecule has 0 bridgehead atoms. The molecule has 0 aliphatic heterocycles. The molecule has 0 saturated carbocycles. The average molecular weight is 371 g/mol. The fraction of sp³-hybridized carbons (Fsp3) is 0.200. The Kier molecular flexibility index (Phi) is 5.92. The van der Waals surface area contributed by atoms with Crippen molar-refractivity contribution in [3.63, 3.8) is 0 Å². The van der Waals surface area contributed by atoms with E-state index in [-0.39, 0.29) is 12.3 Å². The van der Waals surface area contributed by atoms with Crippen LogP contribution in [0.1, 0.15) is 19.2 Å². The number of hydrogen-bond donors (Lipinski definition) is 1. The first-order chi connectivity index (χ1) is 12.6. The largest absolute Gasteiger partial charge is 0.494 e. The molecule has 134 valence electrons. The van der Waals surface area contributed by atoms with E-state index in [4.69, 9.17) is 20.8 Å². The third-order valence-corrected chi connectivity index (χ3v) is 3.91. The zero-order valence-corrected chi connectivity index (χ0v) is 15.1. The number of nitrogens with zero attached hydrogens (tertiary/aromatic N) is 1. The van der Waals surface area contributed by atoms with Crippen LogP contribution in [-0.4, -0.2) is 17.5 Å². The van der Waals surface area contributed by atoms with Crippen molar-refractivity contribution in [1.29, 1.82) is 0 Å². The lowest BCUT2D eigenvalue weighted by molar-refractivity contribution is -0.116. The molecule has 1 amide bonds. The molecule has 0 aliphatic rings. The second kappa shape index (κ2) is 8.54. The van der Waals surface area contributed by atoms with Gasteiger partial charge < -0.3 is 14.5 Å². The topological polar surface area (TPSA) is 64.4 Å². The monoisotopic (exact) mass is 370 g/mol. The molecule has 6 heteroatoms. The molecule has 0 saturated heterocycles. The number of nitrogens with one attached hydrogen (secondary N) is 1. The van der Waals surface area contributed by atoms with Gasteiger partial charge in [0.25, 0.3) is 0 Å². The predicted molar refractivity (Wildman–Crippen MR) is 102 cm³/mol. The van der Waals surface area contributed by atoms with Gasteiger partial charge in [0.1, 0.15) is 5.75 Å². The van der Waals surface area contributed by atoms with E-state index in [2.05, 4.69) is 10.3 Å². The summed E-state index contributed by atoms with van der Waals surface area (Å²) in [5.41, 5.74) is 1.58. The maximum absolute atomic E-state index is 12.0. The molecule has 0 spiro atoms. The van der Waals surface area contributed by atoms with Crippen LogP contribution in [0.3, 0.4) is 0 Å². The quantitative estimate of drug-likeness (QED) is 0.638. The first-order valence-electron chi connectivity index (χ1n) is 8.37. The molecule has 0 atom stereocenters. The Morgan fingerprint density at radius 1 is 1.23 bits per heavy atom. The van der Waals surface area contributed by atoms with E-state index in [9.17, 15) is 4.79 Å². The smallest absolute Gasteiger partial charge is 0.224 e. The summed E-state index contributed by atoms with van der Waals surface area (Å²) in [6, 6.07) is 14.6. The summed E-state index contributed by atoms with van der Waals surface area (Å²) in [5, 5.41) is 3.38. The van der Waals surface area contributed by atoms with E-state index in [0.717, 1.165) is 11.3 Å². The van der Waals surface area contributed by atoms with Crippen molar-refractivity contribution in [2.45, 2.75) is 19.8 Å². The van der Waals surface area contributed by atoms with Crippen molar-refractivity contribution in [3.05, 3.63) is 65.6 Å². The summed E-state index contributed by atoms with van der Waals surface area (Å²) >= 11 is 5.91. The molecular weight excluding hydrogens is 352 g/mol. The molecule has 1 N–H and O–H groups in total. The van der Waals surface area contributed by atoms with Crippen molar-refractivity contribution in [1.82, 2.24) is 4.98 Å². The number of benzene rings is 2. The lowest BCUT2D eigenvalue weighted by Gasteiger charge is -2.04. The molecule has 1 aromatic heterocycles. The van der Waals surface area contributed by atoms with Crippen LogP contribution < -0.4 is 10.1 Å². The molecule has 2 aromatic carbocycles. The summed E-state index contributed by atoms with van der Waals surface area (Å²) in [5.74, 6) is 1.88. The fourth-order valence-corrected chi connectivity index (χ4v) is 2.64. The van der Waals surface area contributed by atoms with Gasteiger partial charge in [0.05, 0.1) is 12.8 Å². The van der Waals surface area contributed by atoms with Gasteiger partial charge in [0.15, 0.2) is 11.7 Å². The van der Waals surface area contributed by atoms with Crippen molar-refractivity contribution < 1.29 is 13.9 Å². The fourth-order valence-electron chi connectivity index (χ4n) is 2.45. The van der Waals surface area contributed by atoms with E-state index in [0.29, 0.717) is 35.4 Å². The molecule has 26 heavy (non-hydrogen) atoms. The van der Waals surface area contributed by atoms with E-state index < -0.39 is 0 Å². The minimum absolute atomic E-state index is 0.118. The number of carbonyl (C=O) groups is 1. The SMILES string of the molecule is CCOc1ccc(-c2cnc(CCC(=O)Nc3cccc(Cl)c3)o2)cc1. The van der Waals surface area contributed by atoms with Crippen LogP contribution in [0, 0.1) is 0 Å². The number of oxazole rings is 1. The first kappa shape index (κ1) is 18.0. The Morgan fingerprint density at radius 2 is 2.04 bits per heavy atom. The van der Waals surface area contributed by atoms with E-state index >= 15 is 0 Å². The Bertz CT molecular complexity index is 875. The highest BCUT2D eigenvalue weighted by Gasteiger charge is 2.10. The Labute approximate surface area is 157 Å². The standard InChI is InChI=1S/C20H19ClN2O3/c1-2-25-17-8-6-14(7-9-17)18-13-22-20(26-18)11-10-19(24)23-16-5-3-4-15(21)12-16/h3-9,12-13H,2,10-11H2,1H3,(H,23,24). The van der Waals surface area contributed by atoms with Crippen LogP contribution in [-0.2, 0) is 11.2 Å². The van der Waals surface area contributed by atoms with Gasteiger partial charge in [-0.3, -0.25) is 4.79 Å². The van der Waals surface area contributed by atoms with Crippen LogP contribution in [0.5, 0.6) is 5.75 Å². The van der Waals surface area contributed by atoms with Gasteiger partial charge in [0, 0.05) is 29.1 Å². The molecule has 0 unspecified atom stereocenters. The van der Waals surface area contributed by atoms with E-state index in [1.165, 1.54) is 0 Å². The van der Waals surface area contributed by atoms with Gasteiger partial charge in [-0.05, 0) is 49.4 Å². The van der Waals surface area contributed by atoms with Crippen LogP contribution >= 0.6 is 11.6 Å². The highest BCUT2D eigenvalue weighted by molar-refractivity contribution is 6.30. The number of anilines is 1. The Hall–Kier alpha value is -2.79. The van der Waals surface area contributed by atoms with Gasteiger partial charge in [-0.15, -0.1) is 0 Å². The van der Waals surface area contributed by atoms with Crippen LogP contribution in [0.15, 0.2) is 59.1 Å². The summed E-state index contributed by atoms with van der Waals surface area (Å²) in [6.45, 7) is 2.57. The second-order valence-corrected chi connectivity index (χ2v) is 6.07. The Balaban J connectivity index is 1.55. The maximum Gasteiger partial charge on any atom is 0.224 e. The van der Waals surface area contributed by atoms with Gasteiger partial charge in [-0.2, -0.15) is 0 Å². The van der Waals surface area contributed by atoms with Gasteiger partial charge >= 0.3 is 0 Å². The highest BCUT2D eigenvalue weighted by atomic mass is 35.5. The number of rotatable bonds is 7. The number of amides is 1. The maximum atomic E-state index is 12.0. The summed E-state index contributed by atoms with van der Waals surface area (Å²) in [4.78, 5) is 16.3. The zero-order valence-electron chi connectivity index (χ0n) is 14.4. The number of hydrogen-bond acceptors (Lipinski definition) is 4. The molecule has 3 rings (SSSR count). The minimum atomic E-state index is -0.118. The molecule has 0 aliphatic carbocycles. The number of ether oxygens (including phenoxy) is 1. The summed E-state index contributed by atoms with van der Waals surface area (Å²) < 4.78 is 11.2. The van der Waals surface area contributed by atoms with E-state index in [1.54, 1.807) is 30.5 Å². The first-order valence-corrected chi connectivity index (χ1v) is 8.75. The molecule has 0 radical (unpaired) electrons. The lowest BCUT2D eigenvalue weighted by atomic mass is 10.2. The molecule has 1 heterocycles. The van der Waals surface area contributed by atoms with Gasteiger partial charge in [-0.25, -0.2) is 4.98 Å². The van der Waals surface area contributed by atoms with Crippen molar-refractivity contribution in [2.75, 3.05) is 11.9 Å². The third-order valence-electron chi connectivity index (χ3n) is 3.68. The van der Waals surface area contributed by atoms with Crippen molar-refractivity contribution in [3.8, 4) is 17.1 Å². The number of carbonyl (C=O) groups excluding carboxylic acids is 1. The average Bonchev–Trinajstić information content (AvgIpc) is 3.10. The molecule has 0 fully saturated rings.